The number of anilines is 3. The summed E-state index contributed by atoms with van der Waals surface area (Å²) in [5.41, 5.74) is 7.48. The molecule has 0 bridgehead atoms. The molecule has 0 fully saturated rings. The van der Waals surface area contributed by atoms with E-state index in [-0.39, 0.29) is 29.1 Å². The van der Waals surface area contributed by atoms with Gasteiger partial charge in [0, 0.05) is 17.8 Å². The number of carbonyl (C=O) groups is 2. The first-order chi connectivity index (χ1) is 16.1. The summed E-state index contributed by atoms with van der Waals surface area (Å²) in [6, 6.07) is 12.1. The molecule has 34 heavy (non-hydrogen) atoms. The number of hydrogen-bond donors (Lipinski definition) is 3. The van der Waals surface area contributed by atoms with Gasteiger partial charge in [0.15, 0.2) is 17.5 Å². The molecule has 3 rings (SSSR count). The van der Waals surface area contributed by atoms with Gasteiger partial charge in [0.25, 0.3) is 5.91 Å². The molecule has 10 heteroatoms. The van der Waals surface area contributed by atoms with Gasteiger partial charge in [0.05, 0.1) is 11.4 Å². The fourth-order valence-corrected chi connectivity index (χ4v) is 2.94. The van der Waals surface area contributed by atoms with Crippen LogP contribution in [-0.2, 0) is 4.74 Å². The third-order valence-electron chi connectivity index (χ3n) is 4.78. The Balaban J connectivity index is 1.68. The molecule has 0 unspecified atom stereocenters. The minimum Gasteiger partial charge on any atom is -0.448 e. The van der Waals surface area contributed by atoms with Gasteiger partial charge >= 0.3 is 6.09 Å². The van der Waals surface area contributed by atoms with Crippen LogP contribution in [-0.4, -0.2) is 44.1 Å². The van der Waals surface area contributed by atoms with Crippen molar-refractivity contribution in [1.29, 1.82) is 0 Å². The van der Waals surface area contributed by atoms with Gasteiger partial charge in [-0.3, -0.25) is 10.1 Å². The highest BCUT2D eigenvalue weighted by atomic mass is 19.2. The first-order valence-corrected chi connectivity index (χ1v) is 10.2. The molecule has 0 saturated heterocycles. The normalized spacial score (nSPS) is 10.8. The Morgan fingerprint density at radius 3 is 2.18 bits per heavy atom. The van der Waals surface area contributed by atoms with E-state index in [4.69, 9.17) is 10.5 Å². The van der Waals surface area contributed by atoms with E-state index in [1.807, 2.05) is 19.0 Å². The molecule has 0 spiro atoms. The zero-order valence-corrected chi connectivity index (χ0v) is 18.5. The monoisotopic (exact) mass is 472 g/mol. The van der Waals surface area contributed by atoms with Crippen molar-refractivity contribution < 1.29 is 27.5 Å². The summed E-state index contributed by atoms with van der Waals surface area (Å²) in [7, 11) is 3.72. The molecule has 0 atom stereocenters. The molecule has 0 aliphatic carbocycles. The predicted octanol–water partition coefficient (Wildman–Crippen LogP) is 4.72. The molecule has 178 valence electrons. The van der Waals surface area contributed by atoms with E-state index in [0.717, 1.165) is 12.1 Å². The van der Waals surface area contributed by atoms with E-state index in [2.05, 4.69) is 10.6 Å². The van der Waals surface area contributed by atoms with Crippen molar-refractivity contribution in [2.45, 2.75) is 0 Å². The number of nitrogens with two attached hydrogens (primary N) is 1. The molecule has 3 aromatic carbocycles. The quantitative estimate of drug-likeness (QED) is 0.342. The summed E-state index contributed by atoms with van der Waals surface area (Å²) < 4.78 is 45.5. The summed E-state index contributed by atoms with van der Waals surface area (Å²) in [5, 5.41) is 5.19. The standard InChI is InChI=1S/C24H23F3N4O3/c1-31(2)9-10-34-24(33)29-17-6-3-14(4-7-17)23(32)30-21-13-15(5-8-20(21)28)16-11-18(25)22(27)19(26)12-16/h3-8,11-13H,9-10,28H2,1-2H3,(H,29,33)(H,30,32). The Morgan fingerprint density at radius 2 is 1.56 bits per heavy atom. The largest absolute Gasteiger partial charge is 0.448 e. The number of halogens is 3. The van der Waals surface area contributed by atoms with Crippen molar-refractivity contribution >= 4 is 29.1 Å². The Bertz CT molecular complexity index is 1180. The van der Waals surface area contributed by atoms with Crippen LogP contribution in [0, 0.1) is 17.5 Å². The molecule has 0 aliphatic rings. The molecule has 0 saturated carbocycles. The molecule has 3 aromatic rings. The van der Waals surface area contributed by atoms with Crippen LogP contribution in [0.15, 0.2) is 54.6 Å². The number of ether oxygens (including phenoxy) is 1. The first kappa shape index (κ1) is 24.6. The highest BCUT2D eigenvalue weighted by molar-refractivity contribution is 6.06. The number of nitrogens with zero attached hydrogens (tertiary/aromatic N) is 1. The summed E-state index contributed by atoms with van der Waals surface area (Å²) in [5.74, 6) is -4.71. The van der Waals surface area contributed by atoms with E-state index >= 15 is 0 Å². The Kier molecular flexibility index (Phi) is 7.75. The molecule has 7 nitrogen and oxygen atoms in total. The Hall–Kier alpha value is -4.05. The number of carbonyl (C=O) groups excluding carboxylic acids is 2. The zero-order chi connectivity index (χ0) is 24.8. The second-order valence-electron chi connectivity index (χ2n) is 7.65. The van der Waals surface area contributed by atoms with Gasteiger partial charge in [0.2, 0.25) is 0 Å². The van der Waals surface area contributed by atoms with Crippen LogP contribution in [0.5, 0.6) is 0 Å². The Morgan fingerprint density at radius 1 is 0.912 bits per heavy atom. The third-order valence-corrected chi connectivity index (χ3v) is 4.78. The van der Waals surface area contributed by atoms with Crippen LogP contribution in [0.4, 0.5) is 35.0 Å². The number of hydrogen-bond acceptors (Lipinski definition) is 5. The lowest BCUT2D eigenvalue weighted by Crippen LogP contribution is -2.22. The van der Waals surface area contributed by atoms with Crippen LogP contribution in [0.25, 0.3) is 11.1 Å². The molecular formula is C24H23F3N4O3. The maximum atomic E-state index is 13.6. The molecule has 0 aromatic heterocycles. The van der Waals surface area contributed by atoms with Gasteiger partial charge in [-0.1, -0.05) is 6.07 Å². The number of nitrogens with one attached hydrogen (secondary N) is 2. The van der Waals surface area contributed by atoms with Crippen molar-refractivity contribution in [3.63, 3.8) is 0 Å². The van der Waals surface area contributed by atoms with Crippen LogP contribution in [0.2, 0.25) is 0 Å². The molecule has 0 aliphatic heterocycles. The lowest BCUT2D eigenvalue weighted by molar-refractivity contribution is 0.102. The topological polar surface area (TPSA) is 96.7 Å². The maximum Gasteiger partial charge on any atom is 0.411 e. The summed E-state index contributed by atoms with van der Waals surface area (Å²) in [6.07, 6.45) is -0.614. The van der Waals surface area contributed by atoms with Gasteiger partial charge in [-0.25, -0.2) is 18.0 Å². The zero-order valence-electron chi connectivity index (χ0n) is 18.5. The van der Waals surface area contributed by atoms with Crippen LogP contribution in [0.3, 0.4) is 0 Å². The second-order valence-corrected chi connectivity index (χ2v) is 7.65. The minimum absolute atomic E-state index is 0.0831. The van der Waals surface area contributed by atoms with E-state index in [1.165, 1.54) is 42.5 Å². The number of rotatable bonds is 7. The fourth-order valence-electron chi connectivity index (χ4n) is 2.94. The first-order valence-electron chi connectivity index (χ1n) is 10.2. The average molecular weight is 472 g/mol. The minimum atomic E-state index is -1.56. The van der Waals surface area contributed by atoms with Crippen LogP contribution < -0.4 is 16.4 Å². The fraction of sp³-hybridized carbons (Fsp3) is 0.167. The smallest absolute Gasteiger partial charge is 0.411 e. The summed E-state index contributed by atoms with van der Waals surface area (Å²) in [6.45, 7) is 0.818. The van der Waals surface area contributed by atoms with E-state index in [0.29, 0.717) is 17.8 Å². The van der Waals surface area contributed by atoms with Gasteiger partial charge in [-0.15, -0.1) is 0 Å². The number of benzene rings is 3. The lowest BCUT2D eigenvalue weighted by Gasteiger charge is -2.12. The van der Waals surface area contributed by atoms with E-state index in [9.17, 15) is 22.8 Å². The molecular weight excluding hydrogens is 449 g/mol. The lowest BCUT2D eigenvalue weighted by atomic mass is 10.0. The van der Waals surface area contributed by atoms with Crippen molar-refractivity contribution in [3.05, 3.63) is 77.6 Å². The SMILES string of the molecule is CN(C)CCOC(=O)Nc1ccc(C(=O)Nc2cc(-c3cc(F)c(F)c(F)c3)ccc2N)cc1. The van der Waals surface area contributed by atoms with Crippen LogP contribution >= 0.6 is 0 Å². The third kappa shape index (κ3) is 6.26. The number of amides is 2. The van der Waals surface area contributed by atoms with Crippen molar-refractivity contribution in [2.24, 2.45) is 0 Å². The van der Waals surface area contributed by atoms with E-state index < -0.39 is 29.5 Å². The molecule has 2 amide bonds. The molecule has 4 N–H and O–H groups in total. The second kappa shape index (κ2) is 10.7. The summed E-state index contributed by atoms with van der Waals surface area (Å²) in [4.78, 5) is 26.3. The van der Waals surface area contributed by atoms with Gasteiger partial charge < -0.3 is 20.7 Å². The van der Waals surface area contributed by atoms with Gasteiger partial charge in [0.1, 0.15) is 6.61 Å². The van der Waals surface area contributed by atoms with Crippen molar-refractivity contribution in [2.75, 3.05) is 43.6 Å². The van der Waals surface area contributed by atoms with Gasteiger partial charge in [-0.05, 0) is 73.8 Å². The highest BCUT2D eigenvalue weighted by Gasteiger charge is 2.14. The molecule has 0 radical (unpaired) electrons. The van der Waals surface area contributed by atoms with Crippen molar-refractivity contribution in [3.8, 4) is 11.1 Å². The number of likely N-dealkylation sites (N-methyl/N-ethyl adjacent to an activating group) is 1. The Labute approximate surface area is 194 Å². The summed E-state index contributed by atoms with van der Waals surface area (Å²) >= 11 is 0. The van der Waals surface area contributed by atoms with E-state index in [1.54, 1.807) is 0 Å². The number of nitrogen functional groups attached to an aromatic ring is 1. The highest BCUT2D eigenvalue weighted by Crippen LogP contribution is 2.29. The molecule has 0 heterocycles. The predicted molar refractivity (Wildman–Crippen MR) is 124 cm³/mol. The van der Waals surface area contributed by atoms with Crippen LogP contribution in [0.1, 0.15) is 10.4 Å². The maximum absolute atomic E-state index is 13.6. The van der Waals surface area contributed by atoms with Gasteiger partial charge in [-0.2, -0.15) is 0 Å². The van der Waals surface area contributed by atoms with Crippen molar-refractivity contribution in [1.82, 2.24) is 4.90 Å². The average Bonchev–Trinajstić information content (AvgIpc) is 2.78.